The van der Waals surface area contributed by atoms with Gasteiger partial charge in [-0.1, -0.05) is 18.9 Å². The lowest BCUT2D eigenvalue weighted by molar-refractivity contribution is 0.0840. The highest BCUT2D eigenvalue weighted by atomic mass is 32.2. The summed E-state index contributed by atoms with van der Waals surface area (Å²) in [6.45, 7) is 0.305. The topological polar surface area (TPSA) is 73.1 Å². The number of thioether (sulfide) groups is 1. The van der Waals surface area contributed by atoms with E-state index in [4.69, 9.17) is 5.26 Å². The molecule has 2 N–H and O–H groups in total. The minimum absolute atomic E-state index is 0.175. The van der Waals surface area contributed by atoms with Crippen LogP contribution in [0.5, 0.6) is 0 Å². The molecule has 5 heteroatoms. The van der Waals surface area contributed by atoms with Gasteiger partial charge in [-0.2, -0.15) is 5.26 Å². The fourth-order valence-corrected chi connectivity index (χ4v) is 3.27. The predicted molar refractivity (Wildman–Crippen MR) is 83.1 cm³/mol. The second-order valence-electron chi connectivity index (χ2n) is 5.30. The molecule has 1 aromatic rings. The van der Waals surface area contributed by atoms with Gasteiger partial charge in [-0.05, 0) is 37.0 Å². The van der Waals surface area contributed by atoms with Crippen molar-refractivity contribution in [3.05, 3.63) is 29.8 Å². The number of amides is 1. The van der Waals surface area contributed by atoms with Crippen molar-refractivity contribution in [1.29, 1.82) is 5.26 Å². The first-order valence-electron chi connectivity index (χ1n) is 7.27. The third-order valence-corrected chi connectivity index (χ3v) is 4.68. The monoisotopic (exact) mass is 304 g/mol. The van der Waals surface area contributed by atoms with E-state index in [-0.39, 0.29) is 5.91 Å². The van der Waals surface area contributed by atoms with Crippen LogP contribution in [0, 0.1) is 17.2 Å². The van der Waals surface area contributed by atoms with Crippen molar-refractivity contribution in [3.63, 3.8) is 0 Å². The quantitative estimate of drug-likeness (QED) is 0.792. The van der Waals surface area contributed by atoms with Crippen LogP contribution in [0.4, 0.5) is 0 Å². The standard InChI is InChI=1S/C16H20N2O2S/c17-8-9-21-14-7-3-6-13(10-14)16(20)18-11-15(19)12-4-1-2-5-12/h3,6-7,10,12,15,19H,1-2,4-5,9,11H2,(H,18,20). The minimum atomic E-state index is -0.451. The third kappa shape index (κ3) is 4.76. The number of carbonyl (C=O) groups is 1. The first kappa shape index (κ1) is 15.9. The molecule has 4 nitrogen and oxygen atoms in total. The van der Waals surface area contributed by atoms with Crippen molar-refractivity contribution >= 4 is 17.7 Å². The zero-order chi connectivity index (χ0) is 15.1. The van der Waals surface area contributed by atoms with E-state index in [1.165, 1.54) is 24.6 Å². The van der Waals surface area contributed by atoms with Crippen molar-refractivity contribution in [2.24, 2.45) is 5.92 Å². The van der Waals surface area contributed by atoms with Crippen LogP contribution in [0.1, 0.15) is 36.0 Å². The summed E-state index contributed by atoms with van der Waals surface area (Å²) in [5.41, 5.74) is 0.566. The average molecular weight is 304 g/mol. The second kappa shape index (κ2) is 8.06. The Morgan fingerprint density at radius 3 is 2.95 bits per heavy atom. The molecule has 1 unspecified atom stereocenters. The van der Waals surface area contributed by atoms with Crippen molar-refractivity contribution in [3.8, 4) is 6.07 Å². The molecule has 0 aromatic heterocycles. The van der Waals surface area contributed by atoms with Gasteiger partial charge < -0.3 is 10.4 Å². The Labute approximate surface area is 129 Å². The molecule has 1 aliphatic carbocycles. The molecule has 1 amide bonds. The maximum Gasteiger partial charge on any atom is 0.251 e. The first-order chi connectivity index (χ1) is 10.2. The van der Waals surface area contributed by atoms with Crippen LogP contribution in [0.2, 0.25) is 0 Å². The SMILES string of the molecule is N#CCSc1cccc(C(=O)NCC(O)C2CCCC2)c1. The number of benzene rings is 1. The van der Waals surface area contributed by atoms with Gasteiger partial charge in [-0.25, -0.2) is 0 Å². The number of aliphatic hydroxyl groups is 1. The number of aliphatic hydroxyl groups excluding tert-OH is 1. The lowest BCUT2D eigenvalue weighted by Gasteiger charge is -2.18. The Bertz CT molecular complexity index is 521. The van der Waals surface area contributed by atoms with Gasteiger partial charge in [-0.3, -0.25) is 4.79 Å². The molecule has 0 radical (unpaired) electrons. The van der Waals surface area contributed by atoms with Gasteiger partial charge in [0, 0.05) is 17.0 Å². The fraction of sp³-hybridized carbons (Fsp3) is 0.500. The Morgan fingerprint density at radius 1 is 1.48 bits per heavy atom. The van der Waals surface area contributed by atoms with Gasteiger partial charge in [0.25, 0.3) is 5.91 Å². The smallest absolute Gasteiger partial charge is 0.251 e. The summed E-state index contributed by atoms with van der Waals surface area (Å²) in [4.78, 5) is 13.0. The largest absolute Gasteiger partial charge is 0.391 e. The van der Waals surface area contributed by atoms with Gasteiger partial charge in [0.15, 0.2) is 0 Å². The van der Waals surface area contributed by atoms with Gasteiger partial charge >= 0.3 is 0 Å². The van der Waals surface area contributed by atoms with Crippen LogP contribution in [-0.4, -0.2) is 29.4 Å². The highest BCUT2D eigenvalue weighted by Gasteiger charge is 2.23. The molecule has 21 heavy (non-hydrogen) atoms. The summed E-state index contributed by atoms with van der Waals surface area (Å²) >= 11 is 1.41. The molecule has 1 fully saturated rings. The van der Waals surface area contributed by atoms with E-state index in [1.54, 1.807) is 12.1 Å². The number of nitriles is 1. The second-order valence-corrected chi connectivity index (χ2v) is 6.35. The van der Waals surface area contributed by atoms with Crippen molar-refractivity contribution in [2.45, 2.75) is 36.7 Å². The zero-order valence-corrected chi connectivity index (χ0v) is 12.7. The summed E-state index contributed by atoms with van der Waals surface area (Å²) in [6, 6.07) is 9.28. The molecule has 0 spiro atoms. The minimum Gasteiger partial charge on any atom is -0.391 e. The normalized spacial score (nSPS) is 16.4. The van der Waals surface area contributed by atoms with E-state index < -0.39 is 6.10 Å². The lowest BCUT2D eigenvalue weighted by atomic mass is 10.0. The molecule has 0 saturated heterocycles. The number of nitrogens with one attached hydrogen (secondary N) is 1. The maximum atomic E-state index is 12.1. The fourth-order valence-electron chi connectivity index (χ4n) is 2.65. The molecular formula is C16H20N2O2S. The number of carbonyl (C=O) groups excluding carboxylic acids is 1. The molecule has 0 aliphatic heterocycles. The van der Waals surface area contributed by atoms with Gasteiger partial charge in [0.1, 0.15) is 0 Å². The summed E-state index contributed by atoms with van der Waals surface area (Å²) in [5, 5.41) is 21.4. The van der Waals surface area contributed by atoms with E-state index in [2.05, 4.69) is 11.4 Å². The summed E-state index contributed by atoms with van der Waals surface area (Å²) < 4.78 is 0. The molecule has 1 atom stereocenters. The highest BCUT2D eigenvalue weighted by Crippen LogP contribution is 2.27. The van der Waals surface area contributed by atoms with E-state index in [0.29, 0.717) is 23.8 Å². The molecule has 1 aliphatic rings. The van der Waals surface area contributed by atoms with Crippen LogP contribution in [0.25, 0.3) is 0 Å². The van der Waals surface area contributed by atoms with Crippen LogP contribution in [-0.2, 0) is 0 Å². The van der Waals surface area contributed by atoms with E-state index in [0.717, 1.165) is 17.7 Å². The van der Waals surface area contributed by atoms with Crippen LogP contribution >= 0.6 is 11.8 Å². The predicted octanol–water partition coefficient (Wildman–Crippen LogP) is 2.58. The molecule has 1 saturated carbocycles. The van der Waals surface area contributed by atoms with Gasteiger partial charge in [-0.15, -0.1) is 11.8 Å². The number of rotatable bonds is 6. The van der Waals surface area contributed by atoms with Crippen LogP contribution < -0.4 is 5.32 Å². The third-order valence-electron chi connectivity index (χ3n) is 3.82. The molecule has 2 rings (SSSR count). The Balaban J connectivity index is 1.86. The molecule has 1 aromatic carbocycles. The van der Waals surface area contributed by atoms with Crippen molar-refractivity contribution < 1.29 is 9.90 Å². The lowest BCUT2D eigenvalue weighted by Crippen LogP contribution is -2.35. The van der Waals surface area contributed by atoms with E-state index in [1.807, 2.05) is 12.1 Å². The molecule has 0 heterocycles. The van der Waals surface area contributed by atoms with Crippen molar-refractivity contribution in [2.75, 3.05) is 12.3 Å². The van der Waals surface area contributed by atoms with E-state index in [9.17, 15) is 9.90 Å². The first-order valence-corrected chi connectivity index (χ1v) is 8.25. The molecule has 0 bridgehead atoms. The molecular weight excluding hydrogens is 284 g/mol. The Kier molecular flexibility index (Phi) is 6.09. The summed E-state index contributed by atoms with van der Waals surface area (Å²) in [6.07, 6.45) is 4.00. The molecule has 112 valence electrons. The number of nitrogens with zero attached hydrogens (tertiary/aromatic N) is 1. The maximum absolute atomic E-state index is 12.1. The Hall–Kier alpha value is -1.51. The zero-order valence-electron chi connectivity index (χ0n) is 11.9. The van der Waals surface area contributed by atoms with Crippen LogP contribution in [0.15, 0.2) is 29.2 Å². The van der Waals surface area contributed by atoms with Gasteiger partial charge in [0.2, 0.25) is 0 Å². The summed E-state index contributed by atoms with van der Waals surface area (Å²) in [5.74, 6) is 0.514. The number of hydrogen-bond donors (Lipinski definition) is 2. The Morgan fingerprint density at radius 2 is 2.24 bits per heavy atom. The average Bonchev–Trinajstić information content (AvgIpc) is 3.05. The van der Waals surface area contributed by atoms with Crippen molar-refractivity contribution in [1.82, 2.24) is 5.32 Å². The van der Waals surface area contributed by atoms with Crippen LogP contribution in [0.3, 0.4) is 0 Å². The highest BCUT2D eigenvalue weighted by molar-refractivity contribution is 7.99. The summed E-state index contributed by atoms with van der Waals surface area (Å²) in [7, 11) is 0. The van der Waals surface area contributed by atoms with Gasteiger partial charge in [0.05, 0.1) is 17.9 Å². The number of hydrogen-bond acceptors (Lipinski definition) is 4. The van der Waals surface area contributed by atoms with E-state index >= 15 is 0 Å².